The second-order valence-electron chi connectivity index (χ2n) is 6.99. The molecule has 27 heavy (non-hydrogen) atoms. The maximum absolute atomic E-state index is 5.84. The van der Waals surface area contributed by atoms with Gasteiger partial charge in [0.05, 0.1) is 12.5 Å². The van der Waals surface area contributed by atoms with Gasteiger partial charge in [-0.3, -0.25) is 4.68 Å². The summed E-state index contributed by atoms with van der Waals surface area (Å²) in [7, 11) is 0. The first-order chi connectivity index (χ1) is 13.1. The third kappa shape index (κ3) is 3.53. The van der Waals surface area contributed by atoms with Gasteiger partial charge in [-0.25, -0.2) is 15.0 Å². The van der Waals surface area contributed by atoms with E-state index in [4.69, 9.17) is 5.73 Å². The molecule has 0 amide bonds. The van der Waals surface area contributed by atoms with Crippen LogP contribution in [0, 0.1) is 0 Å². The van der Waals surface area contributed by atoms with Crippen LogP contribution in [0.2, 0.25) is 0 Å². The van der Waals surface area contributed by atoms with E-state index in [-0.39, 0.29) is 0 Å². The van der Waals surface area contributed by atoms with Crippen molar-refractivity contribution in [3.05, 3.63) is 54.9 Å². The SMILES string of the molecule is CC(C)c1cccc(-c2cnn(CCCn3cnc4c(N)ncnc43)c2)c1. The molecule has 138 valence electrons. The second-order valence-corrected chi connectivity index (χ2v) is 6.99. The standard InChI is InChI=1S/C20H23N7/c1-14(2)15-5-3-6-16(9-15)17-10-25-27(11-17)8-4-7-26-13-24-18-19(21)22-12-23-20(18)26/h3,5-6,9-14H,4,7-8H2,1-2H3,(H2,21,22,23). The monoisotopic (exact) mass is 361 g/mol. The van der Waals surface area contributed by atoms with Crippen LogP contribution in [-0.2, 0) is 13.1 Å². The van der Waals surface area contributed by atoms with E-state index in [1.807, 2.05) is 15.4 Å². The summed E-state index contributed by atoms with van der Waals surface area (Å²) in [6.07, 6.45) is 8.19. The minimum absolute atomic E-state index is 0.416. The number of nitrogens with two attached hydrogens (primary N) is 1. The first-order valence-corrected chi connectivity index (χ1v) is 9.16. The summed E-state index contributed by atoms with van der Waals surface area (Å²) in [4.78, 5) is 12.6. The van der Waals surface area contributed by atoms with Crippen molar-refractivity contribution in [1.82, 2.24) is 29.3 Å². The number of aromatic nitrogens is 6. The highest BCUT2D eigenvalue weighted by atomic mass is 15.3. The van der Waals surface area contributed by atoms with Crippen LogP contribution in [-0.4, -0.2) is 29.3 Å². The van der Waals surface area contributed by atoms with Crippen LogP contribution in [0.25, 0.3) is 22.3 Å². The summed E-state index contributed by atoms with van der Waals surface area (Å²) < 4.78 is 3.99. The van der Waals surface area contributed by atoms with Gasteiger partial charge in [-0.05, 0) is 23.5 Å². The van der Waals surface area contributed by atoms with E-state index in [0.29, 0.717) is 17.3 Å². The zero-order valence-corrected chi connectivity index (χ0v) is 15.6. The van der Waals surface area contributed by atoms with E-state index in [9.17, 15) is 0 Å². The van der Waals surface area contributed by atoms with Crippen LogP contribution in [0.15, 0.2) is 49.3 Å². The number of nitrogens with zero attached hydrogens (tertiary/aromatic N) is 6. The summed E-state index contributed by atoms with van der Waals surface area (Å²) in [6.45, 7) is 6.04. The number of rotatable bonds is 6. The first-order valence-electron chi connectivity index (χ1n) is 9.16. The molecule has 1 aromatic carbocycles. The van der Waals surface area contributed by atoms with Gasteiger partial charge in [0, 0.05) is 24.8 Å². The van der Waals surface area contributed by atoms with E-state index >= 15 is 0 Å². The highest BCUT2D eigenvalue weighted by Gasteiger charge is 2.08. The fourth-order valence-corrected chi connectivity index (χ4v) is 3.18. The van der Waals surface area contributed by atoms with Crippen LogP contribution in [0.5, 0.6) is 0 Å². The molecular formula is C20H23N7. The Hall–Kier alpha value is -3.22. The Morgan fingerprint density at radius 3 is 2.81 bits per heavy atom. The Kier molecular flexibility index (Phi) is 4.58. The molecule has 3 aromatic heterocycles. The molecule has 0 saturated heterocycles. The molecule has 0 saturated carbocycles. The fraction of sp³-hybridized carbons (Fsp3) is 0.300. The summed E-state index contributed by atoms with van der Waals surface area (Å²) >= 11 is 0. The van der Waals surface area contributed by atoms with Gasteiger partial charge in [-0.1, -0.05) is 38.1 Å². The topological polar surface area (TPSA) is 87.4 Å². The molecule has 4 aromatic rings. The zero-order valence-electron chi connectivity index (χ0n) is 15.6. The Balaban J connectivity index is 1.42. The third-order valence-corrected chi connectivity index (χ3v) is 4.74. The van der Waals surface area contributed by atoms with Crippen LogP contribution >= 0.6 is 0 Å². The second kappa shape index (κ2) is 7.19. The van der Waals surface area contributed by atoms with E-state index in [1.54, 1.807) is 6.33 Å². The predicted octanol–water partition coefficient (Wildman–Crippen LogP) is 3.49. The van der Waals surface area contributed by atoms with Crippen molar-refractivity contribution >= 4 is 17.0 Å². The molecule has 7 nitrogen and oxygen atoms in total. The lowest BCUT2D eigenvalue weighted by Gasteiger charge is -2.07. The number of fused-ring (bicyclic) bond motifs is 1. The lowest BCUT2D eigenvalue weighted by molar-refractivity contribution is 0.531. The minimum atomic E-state index is 0.416. The number of aryl methyl sites for hydroxylation is 2. The molecule has 0 atom stereocenters. The average molecular weight is 361 g/mol. The smallest absolute Gasteiger partial charge is 0.165 e. The van der Waals surface area contributed by atoms with Crippen molar-refractivity contribution in [2.24, 2.45) is 0 Å². The van der Waals surface area contributed by atoms with E-state index in [0.717, 1.165) is 30.7 Å². The molecule has 0 aliphatic carbocycles. The quantitative estimate of drug-likeness (QED) is 0.568. The molecule has 4 rings (SSSR count). The van der Waals surface area contributed by atoms with Crippen molar-refractivity contribution in [3.8, 4) is 11.1 Å². The van der Waals surface area contributed by atoms with Gasteiger partial charge in [-0.2, -0.15) is 5.10 Å². The number of hydrogen-bond acceptors (Lipinski definition) is 5. The summed E-state index contributed by atoms with van der Waals surface area (Å²) in [5.41, 5.74) is 11.0. The summed E-state index contributed by atoms with van der Waals surface area (Å²) in [5, 5.41) is 4.51. The van der Waals surface area contributed by atoms with Gasteiger partial charge in [0.1, 0.15) is 11.8 Å². The van der Waals surface area contributed by atoms with E-state index in [1.165, 1.54) is 17.5 Å². The van der Waals surface area contributed by atoms with Gasteiger partial charge >= 0.3 is 0 Å². The van der Waals surface area contributed by atoms with Crippen LogP contribution in [0.1, 0.15) is 31.7 Å². The van der Waals surface area contributed by atoms with Crippen molar-refractivity contribution < 1.29 is 0 Å². The number of hydrogen-bond donors (Lipinski definition) is 1. The van der Waals surface area contributed by atoms with Gasteiger partial charge in [-0.15, -0.1) is 0 Å². The number of anilines is 1. The van der Waals surface area contributed by atoms with Crippen LogP contribution in [0.4, 0.5) is 5.82 Å². The Bertz CT molecular complexity index is 1060. The molecule has 0 radical (unpaired) electrons. The maximum Gasteiger partial charge on any atom is 0.165 e. The third-order valence-electron chi connectivity index (χ3n) is 4.74. The highest BCUT2D eigenvalue weighted by molar-refractivity contribution is 5.81. The first kappa shape index (κ1) is 17.2. The number of imidazole rings is 1. The molecule has 7 heteroatoms. The number of benzene rings is 1. The molecule has 0 aliphatic heterocycles. The molecule has 0 spiro atoms. The number of nitrogen functional groups attached to an aromatic ring is 1. The van der Waals surface area contributed by atoms with Gasteiger partial charge < -0.3 is 10.3 Å². The molecule has 0 fully saturated rings. The maximum atomic E-state index is 5.84. The van der Waals surface area contributed by atoms with Crippen molar-refractivity contribution in [1.29, 1.82) is 0 Å². The zero-order chi connectivity index (χ0) is 18.8. The van der Waals surface area contributed by atoms with Crippen LogP contribution in [0.3, 0.4) is 0 Å². The predicted molar refractivity (Wildman–Crippen MR) is 106 cm³/mol. The molecule has 0 unspecified atom stereocenters. The van der Waals surface area contributed by atoms with Gasteiger partial charge in [0.15, 0.2) is 11.5 Å². The van der Waals surface area contributed by atoms with Crippen molar-refractivity contribution in [2.75, 3.05) is 5.73 Å². The Morgan fingerprint density at radius 1 is 1.07 bits per heavy atom. The lowest BCUT2D eigenvalue weighted by atomic mass is 9.99. The average Bonchev–Trinajstić information content (AvgIpc) is 3.30. The van der Waals surface area contributed by atoms with Gasteiger partial charge in [0.2, 0.25) is 0 Å². The van der Waals surface area contributed by atoms with Gasteiger partial charge in [0.25, 0.3) is 0 Å². The highest BCUT2D eigenvalue weighted by Crippen LogP contribution is 2.23. The molecule has 3 heterocycles. The molecule has 0 aliphatic rings. The fourth-order valence-electron chi connectivity index (χ4n) is 3.18. The van der Waals surface area contributed by atoms with Crippen molar-refractivity contribution in [3.63, 3.8) is 0 Å². The lowest BCUT2D eigenvalue weighted by Crippen LogP contribution is -2.04. The largest absolute Gasteiger partial charge is 0.382 e. The summed E-state index contributed by atoms with van der Waals surface area (Å²) in [6, 6.07) is 8.66. The van der Waals surface area contributed by atoms with E-state index in [2.05, 4.69) is 64.4 Å². The minimum Gasteiger partial charge on any atom is -0.382 e. The van der Waals surface area contributed by atoms with Crippen molar-refractivity contribution in [2.45, 2.75) is 39.3 Å². The Labute approximate surface area is 157 Å². The summed E-state index contributed by atoms with van der Waals surface area (Å²) in [5.74, 6) is 0.932. The van der Waals surface area contributed by atoms with Crippen LogP contribution < -0.4 is 5.73 Å². The Morgan fingerprint density at radius 2 is 1.96 bits per heavy atom. The molecule has 2 N–H and O–H groups in total. The van der Waals surface area contributed by atoms with E-state index < -0.39 is 0 Å². The normalized spacial score (nSPS) is 11.5. The molecule has 0 bridgehead atoms. The molecular weight excluding hydrogens is 338 g/mol.